The summed E-state index contributed by atoms with van der Waals surface area (Å²) in [5, 5.41) is 9.82. The van der Waals surface area contributed by atoms with E-state index in [0.29, 0.717) is 18.3 Å². The molecule has 1 aromatic rings. The van der Waals surface area contributed by atoms with Crippen LogP contribution in [-0.2, 0) is 11.2 Å². The molecule has 1 saturated heterocycles. The monoisotopic (exact) mass is 339 g/mol. The van der Waals surface area contributed by atoms with Crippen LogP contribution in [0.25, 0.3) is 0 Å². The molecule has 0 radical (unpaired) electrons. The van der Waals surface area contributed by atoms with Gasteiger partial charge in [0.05, 0.1) is 5.60 Å². The number of hydrogen-bond donors (Lipinski definition) is 1. The maximum atomic E-state index is 12.4. The molecule has 1 aliphatic heterocycles. The first-order valence-corrected chi connectivity index (χ1v) is 10.0. The van der Waals surface area contributed by atoms with Gasteiger partial charge >= 0.3 is 0 Å². The normalized spacial score (nSPS) is 33.5. The first-order chi connectivity index (χ1) is 11.9. The molecular formula is C22H29NO2. The van der Waals surface area contributed by atoms with Gasteiger partial charge in [0.2, 0.25) is 5.91 Å². The number of amides is 1. The van der Waals surface area contributed by atoms with Crippen molar-refractivity contribution < 1.29 is 9.90 Å². The second-order valence-electron chi connectivity index (χ2n) is 9.79. The fourth-order valence-electron chi connectivity index (χ4n) is 5.60. The number of benzene rings is 1. The predicted octanol–water partition coefficient (Wildman–Crippen LogP) is 3.51. The van der Waals surface area contributed by atoms with E-state index in [1.807, 2.05) is 11.8 Å². The molecule has 0 atom stereocenters. The van der Waals surface area contributed by atoms with Crippen molar-refractivity contribution in [1.29, 1.82) is 0 Å². The smallest absolute Gasteiger partial charge is 0.225 e. The Bertz CT molecular complexity index is 666. The minimum atomic E-state index is -0.598. The zero-order valence-corrected chi connectivity index (χ0v) is 15.2. The summed E-state index contributed by atoms with van der Waals surface area (Å²) < 4.78 is 0. The highest BCUT2D eigenvalue weighted by molar-refractivity contribution is 5.81. The summed E-state index contributed by atoms with van der Waals surface area (Å²) in [6, 6.07) is 9.33. The molecule has 1 spiro atoms. The Morgan fingerprint density at radius 3 is 2.32 bits per heavy atom. The van der Waals surface area contributed by atoms with Gasteiger partial charge in [0.1, 0.15) is 0 Å². The van der Waals surface area contributed by atoms with E-state index in [2.05, 4.69) is 24.3 Å². The van der Waals surface area contributed by atoms with Gasteiger partial charge in [-0.15, -0.1) is 0 Å². The minimum Gasteiger partial charge on any atom is -0.390 e. The van der Waals surface area contributed by atoms with Crippen molar-refractivity contribution in [2.45, 2.75) is 63.4 Å². The van der Waals surface area contributed by atoms with Crippen molar-refractivity contribution in [2.24, 2.45) is 17.3 Å². The van der Waals surface area contributed by atoms with Crippen LogP contribution in [0.15, 0.2) is 24.3 Å². The maximum absolute atomic E-state index is 12.4. The molecule has 1 amide bonds. The van der Waals surface area contributed by atoms with Crippen molar-refractivity contribution in [2.75, 3.05) is 13.1 Å². The van der Waals surface area contributed by atoms with Crippen LogP contribution in [0.2, 0.25) is 0 Å². The molecule has 4 aliphatic rings. The Balaban J connectivity index is 1.08. The quantitative estimate of drug-likeness (QED) is 0.912. The maximum Gasteiger partial charge on any atom is 0.225 e. The van der Waals surface area contributed by atoms with Gasteiger partial charge in [-0.3, -0.25) is 4.79 Å². The van der Waals surface area contributed by atoms with Crippen molar-refractivity contribution in [3.8, 4) is 0 Å². The Kier molecular flexibility index (Phi) is 3.38. The molecular weight excluding hydrogens is 310 g/mol. The molecule has 3 aliphatic carbocycles. The lowest BCUT2D eigenvalue weighted by atomic mass is 9.56. The highest BCUT2D eigenvalue weighted by Crippen LogP contribution is 2.54. The molecule has 1 aromatic carbocycles. The van der Waals surface area contributed by atoms with E-state index in [-0.39, 0.29) is 11.8 Å². The number of aliphatic hydroxyl groups is 1. The SMILES string of the molecule is C[C@]1(O)C[C@@H](C(=O)N2CC3(CC(Cc4ccc(C5CC5)cc4)C3)C2)C1. The van der Waals surface area contributed by atoms with E-state index in [1.165, 1.54) is 43.2 Å². The van der Waals surface area contributed by atoms with Gasteiger partial charge in [0, 0.05) is 24.4 Å². The van der Waals surface area contributed by atoms with Gasteiger partial charge in [0.15, 0.2) is 0 Å². The lowest BCUT2D eigenvalue weighted by Crippen LogP contribution is -2.66. The lowest BCUT2D eigenvalue weighted by molar-refractivity contribution is -0.171. The molecule has 1 heterocycles. The van der Waals surface area contributed by atoms with Crippen molar-refractivity contribution in [1.82, 2.24) is 4.90 Å². The van der Waals surface area contributed by atoms with E-state index in [0.717, 1.165) is 24.9 Å². The van der Waals surface area contributed by atoms with Gasteiger partial charge in [-0.05, 0) is 74.8 Å². The van der Waals surface area contributed by atoms with Crippen LogP contribution in [-0.4, -0.2) is 34.6 Å². The van der Waals surface area contributed by atoms with Crippen LogP contribution >= 0.6 is 0 Å². The summed E-state index contributed by atoms with van der Waals surface area (Å²) in [5.41, 5.74) is 2.84. The van der Waals surface area contributed by atoms with Crippen molar-refractivity contribution in [3.05, 3.63) is 35.4 Å². The van der Waals surface area contributed by atoms with Crippen molar-refractivity contribution in [3.63, 3.8) is 0 Å². The average Bonchev–Trinajstić information content (AvgIpc) is 3.30. The Morgan fingerprint density at radius 1 is 1.12 bits per heavy atom. The molecule has 3 nitrogen and oxygen atoms in total. The molecule has 0 aromatic heterocycles. The summed E-state index contributed by atoms with van der Waals surface area (Å²) in [5.74, 6) is 2.01. The molecule has 25 heavy (non-hydrogen) atoms. The second kappa shape index (κ2) is 5.33. The summed E-state index contributed by atoms with van der Waals surface area (Å²) in [4.78, 5) is 14.4. The van der Waals surface area contributed by atoms with Gasteiger partial charge < -0.3 is 10.0 Å². The van der Waals surface area contributed by atoms with Crippen LogP contribution in [0.3, 0.4) is 0 Å². The molecule has 1 N–H and O–H groups in total. The van der Waals surface area contributed by atoms with Gasteiger partial charge in [-0.25, -0.2) is 0 Å². The summed E-state index contributed by atoms with van der Waals surface area (Å²) in [7, 11) is 0. The lowest BCUT2D eigenvalue weighted by Gasteiger charge is -2.60. The molecule has 0 bridgehead atoms. The topological polar surface area (TPSA) is 40.5 Å². The summed E-state index contributed by atoms with van der Waals surface area (Å²) >= 11 is 0. The van der Waals surface area contributed by atoms with Crippen molar-refractivity contribution >= 4 is 5.91 Å². The van der Waals surface area contributed by atoms with Crippen LogP contribution in [0.1, 0.15) is 62.5 Å². The molecule has 134 valence electrons. The summed E-state index contributed by atoms with van der Waals surface area (Å²) in [6.07, 6.45) is 7.80. The number of rotatable bonds is 4. The molecule has 3 heteroatoms. The number of carbonyl (C=O) groups is 1. The first-order valence-electron chi connectivity index (χ1n) is 10.0. The number of hydrogen-bond acceptors (Lipinski definition) is 2. The molecule has 5 rings (SSSR count). The number of nitrogens with zero attached hydrogens (tertiary/aromatic N) is 1. The largest absolute Gasteiger partial charge is 0.390 e. The standard InChI is InChI=1S/C22H29NO2/c1-21(25)11-19(12-21)20(24)23-13-22(14-23)9-16(10-22)8-15-2-4-17(5-3-15)18-6-7-18/h2-5,16,18-19,25H,6-14H2,1H3/t19-,21+. The average molecular weight is 339 g/mol. The second-order valence-corrected chi connectivity index (χ2v) is 9.79. The molecule has 3 saturated carbocycles. The predicted molar refractivity (Wildman–Crippen MR) is 97.2 cm³/mol. The zero-order chi connectivity index (χ0) is 17.2. The summed E-state index contributed by atoms with van der Waals surface area (Å²) in [6.45, 7) is 3.76. The van der Waals surface area contributed by atoms with Gasteiger partial charge in [-0.1, -0.05) is 24.3 Å². The third-order valence-corrected chi connectivity index (χ3v) is 7.08. The Morgan fingerprint density at radius 2 is 1.76 bits per heavy atom. The van der Waals surface area contributed by atoms with E-state index in [1.54, 1.807) is 0 Å². The molecule has 0 unspecified atom stereocenters. The Labute approximate surface area is 150 Å². The highest BCUT2D eigenvalue weighted by Gasteiger charge is 2.55. The van der Waals surface area contributed by atoms with Crippen LogP contribution in [0.4, 0.5) is 0 Å². The highest BCUT2D eigenvalue weighted by atomic mass is 16.3. The van der Waals surface area contributed by atoms with E-state index in [4.69, 9.17) is 0 Å². The van der Waals surface area contributed by atoms with Gasteiger partial charge in [0.25, 0.3) is 0 Å². The van der Waals surface area contributed by atoms with Gasteiger partial charge in [-0.2, -0.15) is 0 Å². The number of likely N-dealkylation sites (tertiary alicyclic amines) is 1. The van der Waals surface area contributed by atoms with E-state index in [9.17, 15) is 9.90 Å². The number of carbonyl (C=O) groups excluding carboxylic acids is 1. The van der Waals surface area contributed by atoms with E-state index < -0.39 is 5.60 Å². The van der Waals surface area contributed by atoms with E-state index >= 15 is 0 Å². The fraction of sp³-hybridized carbons (Fsp3) is 0.682. The third-order valence-electron chi connectivity index (χ3n) is 7.08. The first kappa shape index (κ1) is 15.9. The Hall–Kier alpha value is -1.35. The van der Waals surface area contributed by atoms with Crippen LogP contribution in [0, 0.1) is 17.3 Å². The van der Waals surface area contributed by atoms with Crippen LogP contribution in [0.5, 0.6) is 0 Å². The third kappa shape index (κ3) is 2.91. The zero-order valence-electron chi connectivity index (χ0n) is 15.2. The molecule has 4 fully saturated rings. The van der Waals surface area contributed by atoms with Crippen LogP contribution < -0.4 is 0 Å². The fourth-order valence-corrected chi connectivity index (χ4v) is 5.60. The minimum absolute atomic E-state index is 0.0770.